The lowest BCUT2D eigenvalue weighted by atomic mass is 9.65. The first-order valence-corrected chi connectivity index (χ1v) is 5.71. The fraction of sp³-hybridized carbons (Fsp3) is 0.769. The van der Waals surface area contributed by atoms with E-state index in [1.807, 2.05) is 0 Å². The van der Waals surface area contributed by atoms with Crippen molar-refractivity contribution in [2.45, 2.75) is 52.5 Å². The molecule has 0 saturated heterocycles. The molecule has 1 fully saturated rings. The molecule has 0 aromatic heterocycles. The van der Waals surface area contributed by atoms with E-state index in [1.165, 1.54) is 12.5 Å². The van der Waals surface area contributed by atoms with Gasteiger partial charge in [-0.2, -0.15) is 0 Å². The lowest BCUT2D eigenvalue weighted by Gasteiger charge is -2.46. The van der Waals surface area contributed by atoms with Crippen molar-refractivity contribution < 1.29 is 4.79 Å². The van der Waals surface area contributed by atoms with Crippen LogP contribution >= 0.6 is 0 Å². The van der Waals surface area contributed by atoms with Crippen LogP contribution in [0.25, 0.3) is 0 Å². The van der Waals surface area contributed by atoms with E-state index in [0.29, 0.717) is 11.3 Å². The van der Waals surface area contributed by atoms with Crippen molar-refractivity contribution in [3.63, 3.8) is 0 Å². The fourth-order valence-corrected chi connectivity index (χ4v) is 3.43. The summed E-state index contributed by atoms with van der Waals surface area (Å²) in [5.74, 6) is 0.617. The standard InChI is InChI=1S/C13H23NO/c1-6-11(15)14-13(5)8-10(2)7-12(3,4)9-13/h6,10H,1,7-9H2,2-5H3,(H,14,15)/t10-,13-/m1/s1. The van der Waals surface area contributed by atoms with Gasteiger partial charge in [-0.1, -0.05) is 27.4 Å². The first kappa shape index (κ1) is 12.3. The molecule has 1 saturated carbocycles. The number of hydrogen-bond donors (Lipinski definition) is 1. The van der Waals surface area contributed by atoms with E-state index in [-0.39, 0.29) is 11.4 Å². The summed E-state index contributed by atoms with van der Waals surface area (Å²) in [6.45, 7) is 12.5. The summed E-state index contributed by atoms with van der Waals surface area (Å²) in [4.78, 5) is 11.4. The molecule has 2 heteroatoms. The second kappa shape index (κ2) is 3.99. The summed E-state index contributed by atoms with van der Waals surface area (Å²) in [5.41, 5.74) is 0.257. The lowest BCUT2D eigenvalue weighted by molar-refractivity contribution is -0.119. The molecule has 1 N–H and O–H groups in total. The zero-order valence-corrected chi connectivity index (χ0v) is 10.4. The Balaban J connectivity index is 2.74. The summed E-state index contributed by atoms with van der Waals surface area (Å²) >= 11 is 0. The maximum Gasteiger partial charge on any atom is 0.243 e. The molecule has 2 nitrogen and oxygen atoms in total. The van der Waals surface area contributed by atoms with Crippen molar-refractivity contribution >= 4 is 5.91 Å². The van der Waals surface area contributed by atoms with E-state index in [0.717, 1.165) is 12.8 Å². The molecule has 1 rings (SSSR count). The monoisotopic (exact) mass is 209 g/mol. The Morgan fingerprint density at radius 3 is 2.47 bits per heavy atom. The number of carbonyl (C=O) groups is 1. The minimum Gasteiger partial charge on any atom is -0.347 e. The van der Waals surface area contributed by atoms with Crippen LogP contribution in [-0.2, 0) is 4.79 Å². The Hall–Kier alpha value is -0.790. The molecule has 0 unspecified atom stereocenters. The predicted octanol–water partition coefficient (Wildman–Crippen LogP) is 2.89. The van der Waals surface area contributed by atoms with Crippen molar-refractivity contribution in [2.24, 2.45) is 11.3 Å². The zero-order chi connectivity index (χ0) is 11.7. The van der Waals surface area contributed by atoms with E-state index in [9.17, 15) is 4.79 Å². The first-order chi connectivity index (χ1) is 6.76. The molecule has 15 heavy (non-hydrogen) atoms. The molecule has 2 atom stereocenters. The Bertz CT molecular complexity index is 270. The molecule has 86 valence electrons. The van der Waals surface area contributed by atoms with Gasteiger partial charge in [-0.05, 0) is 43.6 Å². The van der Waals surface area contributed by atoms with Crippen LogP contribution in [0.1, 0.15) is 47.0 Å². The van der Waals surface area contributed by atoms with Gasteiger partial charge in [-0.15, -0.1) is 0 Å². The van der Waals surface area contributed by atoms with Gasteiger partial charge in [-0.25, -0.2) is 0 Å². The molecule has 1 amide bonds. The molecule has 0 heterocycles. The fourth-order valence-electron chi connectivity index (χ4n) is 3.43. The average Bonchev–Trinajstić information content (AvgIpc) is 1.97. The Labute approximate surface area is 93.1 Å². The number of nitrogens with one attached hydrogen (secondary N) is 1. The van der Waals surface area contributed by atoms with Gasteiger partial charge in [0.2, 0.25) is 5.91 Å². The molecule has 0 spiro atoms. The highest BCUT2D eigenvalue weighted by Gasteiger charge is 2.40. The SMILES string of the molecule is C=CC(=O)N[C@]1(C)C[C@H](C)CC(C)(C)C1. The summed E-state index contributed by atoms with van der Waals surface area (Å²) < 4.78 is 0. The van der Waals surface area contributed by atoms with Crippen molar-refractivity contribution in [1.29, 1.82) is 0 Å². The van der Waals surface area contributed by atoms with E-state index >= 15 is 0 Å². The van der Waals surface area contributed by atoms with Crippen molar-refractivity contribution in [1.82, 2.24) is 5.32 Å². The second-order valence-corrected chi connectivity index (χ2v) is 6.11. The van der Waals surface area contributed by atoms with Crippen LogP contribution in [0.4, 0.5) is 0 Å². The van der Waals surface area contributed by atoms with Gasteiger partial charge in [0, 0.05) is 5.54 Å². The van der Waals surface area contributed by atoms with Crippen LogP contribution in [-0.4, -0.2) is 11.4 Å². The number of hydrogen-bond acceptors (Lipinski definition) is 1. The lowest BCUT2D eigenvalue weighted by Crippen LogP contribution is -2.52. The van der Waals surface area contributed by atoms with Gasteiger partial charge in [-0.3, -0.25) is 4.79 Å². The molecule has 0 aromatic carbocycles. The van der Waals surface area contributed by atoms with Crippen LogP contribution in [0.5, 0.6) is 0 Å². The molecular formula is C13H23NO. The smallest absolute Gasteiger partial charge is 0.243 e. The van der Waals surface area contributed by atoms with E-state index < -0.39 is 0 Å². The van der Waals surface area contributed by atoms with Crippen molar-refractivity contribution in [3.8, 4) is 0 Å². The minimum absolute atomic E-state index is 0.0533. The third-order valence-corrected chi connectivity index (χ3v) is 3.18. The number of amides is 1. The van der Waals surface area contributed by atoms with Crippen LogP contribution in [0.2, 0.25) is 0 Å². The summed E-state index contributed by atoms with van der Waals surface area (Å²) in [5, 5.41) is 3.07. The van der Waals surface area contributed by atoms with Crippen molar-refractivity contribution in [2.75, 3.05) is 0 Å². The summed E-state index contributed by atoms with van der Waals surface area (Å²) in [6, 6.07) is 0. The highest BCUT2D eigenvalue weighted by Crippen LogP contribution is 2.43. The highest BCUT2D eigenvalue weighted by atomic mass is 16.1. The highest BCUT2D eigenvalue weighted by molar-refractivity contribution is 5.87. The molecular weight excluding hydrogens is 186 g/mol. The largest absolute Gasteiger partial charge is 0.347 e. The molecule has 0 radical (unpaired) electrons. The topological polar surface area (TPSA) is 29.1 Å². The Kier molecular flexibility index (Phi) is 3.27. The van der Waals surface area contributed by atoms with Gasteiger partial charge in [0.05, 0.1) is 0 Å². The van der Waals surface area contributed by atoms with Gasteiger partial charge in [0.15, 0.2) is 0 Å². The van der Waals surface area contributed by atoms with Crippen LogP contribution in [0, 0.1) is 11.3 Å². The Morgan fingerprint density at radius 2 is 2.00 bits per heavy atom. The maximum absolute atomic E-state index is 11.4. The minimum atomic E-state index is -0.0631. The molecule has 1 aliphatic rings. The second-order valence-electron chi connectivity index (χ2n) is 6.11. The van der Waals surface area contributed by atoms with Gasteiger partial charge < -0.3 is 5.32 Å². The van der Waals surface area contributed by atoms with E-state index in [2.05, 4.69) is 39.6 Å². The molecule has 0 aliphatic heterocycles. The van der Waals surface area contributed by atoms with Crippen LogP contribution < -0.4 is 5.32 Å². The molecule has 1 aliphatic carbocycles. The predicted molar refractivity (Wildman–Crippen MR) is 63.5 cm³/mol. The Morgan fingerprint density at radius 1 is 1.40 bits per heavy atom. The first-order valence-electron chi connectivity index (χ1n) is 5.71. The third-order valence-electron chi connectivity index (χ3n) is 3.18. The molecule has 0 bridgehead atoms. The van der Waals surface area contributed by atoms with Crippen LogP contribution in [0.3, 0.4) is 0 Å². The average molecular weight is 209 g/mol. The summed E-state index contributed by atoms with van der Waals surface area (Å²) in [7, 11) is 0. The number of rotatable bonds is 2. The normalized spacial score (nSPS) is 34.5. The third kappa shape index (κ3) is 3.37. The van der Waals surface area contributed by atoms with E-state index in [4.69, 9.17) is 0 Å². The van der Waals surface area contributed by atoms with Crippen LogP contribution in [0.15, 0.2) is 12.7 Å². The zero-order valence-electron chi connectivity index (χ0n) is 10.4. The molecule has 0 aromatic rings. The van der Waals surface area contributed by atoms with Crippen molar-refractivity contribution in [3.05, 3.63) is 12.7 Å². The van der Waals surface area contributed by atoms with Gasteiger partial charge in [0.1, 0.15) is 0 Å². The summed E-state index contributed by atoms with van der Waals surface area (Å²) in [6.07, 6.45) is 4.71. The van der Waals surface area contributed by atoms with E-state index in [1.54, 1.807) is 0 Å². The quantitative estimate of drug-likeness (QED) is 0.696. The van der Waals surface area contributed by atoms with Gasteiger partial charge in [0.25, 0.3) is 0 Å². The number of carbonyl (C=O) groups excluding carboxylic acids is 1. The van der Waals surface area contributed by atoms with Gasteiger partial charge >= 0.3 is 0 Å². The maximum atomic E-state index is 11.4.